The van der Waals surface area contributed by atoms with Gasteiger partial charge in [0.05, 0.1) is 0 Å². The maximum atomic E-state index is 9.60. The summed E-state index contributed by atoms with van der Waals surface area (Å²) in [6.45, 7) is 5.74. The van der Waals surface area contributed by atoms with Crippen LogP contribution in [-0.4, -0.2) is 27.8 Å². The number of halogens is 1. The smallest absolute Gasteiger partial charge is 0.0465 e. The molecule has 0 atom stereocenters. The fourth-order valence-electron chi connectivity index (χ4n) is 0.577. The quantitative estimate of drug-likeness (QED) is 0.406. The van der Waals surface area contributed by atoms with Gasteiger partial charge in [-0.3, -0.25) is 11.4 Å². The summed E-state index contributed by atoms with van der Waals surface area (Å²) >= 11 is 4.39. The molecule has 0 aromatic carbocycles. The van der Waals surface area contributed by atoms with Crippen molar-refractivity contribution in [2.45, 2.75) is 27.7 Å². The Bertz CT molecular complexity index is 435. The summed E-state index contributed by atoms with van der Waals surface area (Å²) in [6, 6.07) is 5.72. The van der Waals surface area contributed by atoms with Gasteiger partial charge in [0, 0.05) is 52.0 Å². The van der Waals surface area contributed by atoms with Gasteiger partial charge in [0.2, 0.25) is 0 Å². The summed E-state index contributed by atoms with van der Waals surface area (Å²) in [4.78, 5) is 3.78. The second-order valence-corrected chi connectivity index (χ2v) is 3.73. The molecule has 9 nitrogen and oxygen atoms in total. The predicted octanol–water partition coefficient (Wildman–Crippen LogP) is 3.90. The summed E-state index contributed by atoms with van der Waals surface area (Å²) in [5.74, 6) is 0. The zero-order chi connectivity index (χ0) is 19.4. The van der Waals surface area contributed by atoms with Gasteiger partial charge in [-0.15, -0.1) is 0 Å². The van der Waals surface area contributed by atoms with Crippen LogP contribution in [-0.2, 0) is 16.8 Å². The van der Waals surface area contributed by atoms with E-state index in [2.05, 4.69) is 43.6 Å². The molecule has 0 aliphatic carbocycles. The zero-order valence-electron chi connectivity index (χ0n) is 14.2. The van der Waals surface area contributed by atoms with E-state index in [4.69, 9.17) is 0 Å². The summed E-state index contributed by atoms with van der Waals surface area (Å²) in [5.41, 5.74) is 0.556. The third-order valence-corrected chi connectivity index (χ3v) is 2.16. The molecule has 1 radical (unpaired) electrons. The minimum atomic E-state index is 0. The molecule has 0 saturated heterocycles. The molecule has 145 valence electrons. The molecule has 0 fully saturated rings. The number of nitrogens with zero attached hydrogens (tertiary/aromatic N) is 5. The topological polar surface area (TPSA) is 155 Å². The van der Waals surface area contributed by atoms with E-state index < -0.39 is 0 Å². The molecule has 11 heteroatoms. The molecule has 0 aliphatic rings. The van der Waals surface area contributed by atoms with Crippen molar-refractivity contribution in [3.63, 3.8) is 0 Å². The van der Waals surface area contributed by atoms with Crippen LogP contribution in [0.3, 0.4) is 0 Å². The minimum Gasteiger partial charge on any atom is -0.792 e. The first-order chi connectivity index (χ1) is 11.4. The molecule has 0 spiro atoms. The normalized spacial score (nSPS) is 11.3. The van der Waals surface area contributed by atoms with Crippen LogP contribution in [0.25, 0.3) is 0 Å². The average Bonchev–Trinajstić information content (AvgIpc) is 2.69. The molecule has 25 heavy (non-hydrogen) atoms. The molecule has 0 bridgehead atoms. The van der Waals surface area contributed by atoms with E-state index >= 15 is 0 Å². The Balaban J connectivity index is -0.000000124. The molecule has 0 saturated carbocycles. The third kappa shape index (κ3) is 21.8. The number of pyridine rings is 1. The summed E-state index contributed by atoms with van der Waals surface area (Å²) in [7, 11) is 0. The molecule has 1 aromatic heterocycles. The fourth-order valence-corrected chi connectivity index (χ4v) is 0.577. The van der Waals surface area contributed by atoms with E-state index in [1.54, 1.807) is 12.4 Å². The molecule has 1 aromatic rings. The molecular formula is C14H19ClCoN5O4-5. The van der Waals surface area contributed by atoms with E-state index in [1.807, 2.05) is 18.2 Å². The first-order valence-electron chi connectivity index (χ1n) is 6.24. The Labute approximate surface area is 162 Å². The first kappa shape index (κ1) is 30.7. The second kappa shape index (κ2) is 24.1. The predicted molar refractivity (Wildman–Crippen MR) is 101 cm³/mol. The zero-order valence-corrected chi connectivity index (χ0v) is 16.0. The second-order valence-electron chi connectivity index (χ2n) is 3.73. The molecule has 1 rings (SSSR count). The van der Waals surface area contributed by atoms with Crippen molar-refractivity contribution in [1.29, 1.82) is 0 Å². The summed E-state index contributed by atoms with van der Waals surface area (Å²) in [6.07, 6.45) is 6.22. The average molecular weight is 416 g/mol. The Kier molecular flexibility index (Phi) is 29.6. The van der Waals surface area contributed by atoms with Crippen LogP contribution in [0, 0.1) is 27.2 Å². The van der Waals surface area contributed by atoms with Crippen LogP contribution >= 0.6 is 11.6 Å². The standard InChI is InChI=1S/C5H5N.2C4H8N2O2.CH2Cl.Co/c1-2-4-6-5-3-1;2*1-3(5-7)4(2)6-8;1-2;/h1-5H;2*7-8H,1-2H3;1H2;/q;;;-1;/p-4. The molecule has 0 unspecified atom stereocenters. The maximum absolute atomic E-state index is 9.60. The van der Waals surface area contributed by atoms with Gasteiger partial charge in [0.1, 0.15) is 0 Å². The molecule has 0 N–H and O–H groups in total. The van der Waals surface area contributed by atoms with Crippen molar-refractivity contribution >= 4 is 34.4 Å². The van der Waals surface area contributed by atoms with Crippen LogP contribution in [0.5, 0.6) is 0 Å². The van der Waals surface area contributed by atoms with Gasteiger partial charge in [0.15, 0.2) is 0 Å². The van der Waals surface area contributed by atoms with Crippen LogP contribution < -0.4 is 0 Å². The van der Waals surface area contributed by atoms with Crippen molar-refractivity contribution in [2.24, 2.45) is 20.6 Å². The van der Waals surface area contributed by atoms with Gasteiger partial charge in [-0.1, -0.05) is 6.07 Å². The van der Waals surface area contributed by atoms with Crippen molar-refractivity contribution in [2.75, 3.05) is 0 Å². The van der Waals surface area contributed by atoms with Crippen molar-refractivity contribution < 1.29 is 16.8 Å². The molecular weight excluding hydrogens is 397 g/mol. The van der Waals surface area contributed by atoms with Gasteiger partial charge in [0.25, 0.3) is 0 Å². The van der Waals surface area contributed by atoms with Gasteiger partial charge in [-0.2, -0.15) is 0 Å². The maximum Gasteiger partial charge on any atom is 0.0465 e. The number of rotatable bonds is 2. The Morgan fingerprint density at radius 1 is 0.680 bits per heavy atom. The van der Waals surface area contributed by atoms with E-state index in [-0.39, 0.29) is 39.6 Å². The van der Waals surface area contributed by atoms with Gasteiger partial charge in [-0.25, -0.2) is 0 Å². The van der Waals surface area contributed by atoms with E-state index in [0.29, 0.717) is 0 Å². The van der Waals surface area contributed by atoms with Crippen molar-refractivity contribution in [3.05, 3.63) is 57.8 Å². The largest absolute Gasteiger partial charge is 0.792 e. The monoisotopic (exact) mass is 415 g/mol. The van der Waals surface area contributed by atoms with Crippen LogP contribution in [0.4, 0.5) is 0 Å². The molecule has 0 amide bonds. The van der Waals surface area contributed by atoms with Gasteiger partial charge < -0.3 is 53.1 Å². The number of hydrogen-bond acceptors (Lipinski definition) is 9. The number of hydrogen-bond donors (Lipinski definition) is 0. The molecule has 0 aliphatic heterocycles. The summed E-state index contributed by atoms with van der Waals surface area (Å²) in [5, 5.41) is 48.4. The molecule has 1 heterocycles. The van der Waals surface area contributed by atoms with Crippen LogP contribution in [0.1, 0.15) is 27.7 Å². The SMILES string of the molecule is CC(=N[O-])C(C)=N[O-].CC(=N[O-])C(C)=N[O-].[CH2-]Cl.[Co].c1ccncc1. The fraction of sp³-hybridized carbons (Fsp3) is 0.286. The minimum absolute atomic E-state index is 0. The van der Waals surface area contributed by atoms with Crippen molar-refractivity contribution in [3.8, 4) is 0 Å². The van der Waals surface area contributed by atoms with Crippen LogP contribution in [0.15, 0.2) is 51.2 Å². The van der Waals surface area contributed by atoms with Crippen molar-refractivity contribution in [1.82, 2.24) is 4.98 Å². The van der Waals surface area contributed by atoms with Gasteiger partial charge in [-0.05, 0) is 39.8 Å². The first-order valence-corrected chi connectivity index (χ1v) is 6.78. The Hall–Kier alpha value is -2.17. The van der Waals surface area contributed by atoms with Gasteiger partial charge >= 0.3 is 0 Å². The Morgan fingerprint density at radius 2 is 0.920 bits per heavy atom. The van der Waals surface area contributed by atoms with E-state index in [0.717, 1.165) is 0 Å². The summed E-state index contributed by atoms with van der Waals surface area (Å²) < 4.78 is 0. The van der Waals surface area contributed by atoms with Crippen LogP contribution in [0.2, 0.25) is 0 Å². The third-order valence-electron chi connectivity index (χ3n) is 2.16. The van der Waals surface area contributed by atoms with E-state index in [9.17, 15) is 20.8 Å². The number of aromatic nitrogens is 1. The Morgan fingerprint density at radius 3 is 1.00 bits per heavy atom. The van der Waals surface area contributed by atoms with E-state index in [1.165, 1.54) is 27.7 Å².